The van der Waals surface area contributed by atoms with Crippen molar-refractivity contribution in [3.05, 3.63) is 65.5 Å². The number of nitrogens with zero attached hydrogens (tertiary/aromatic N) is 3. The van der Waals surface area contributed by atoms with Crippen molar-refractivity contribution in [1.82, 2.24) is 9.72 Å². The number of aromatic nitrogens is 2. The molecule has 256 valence electrons. The van der Waals surface area contributed by atoms with Crippen LogP contribution >= 0.6 is 0 Å². The first-order chi connectivity index (χ1) is 22.6. The zero-order valence-corrected chi connectivity index (χ0v) is 25.4. The molecule has 2 aromatic carbocycles. The van der Waals surface area contributed by atoms with Crippen molar-refractivity contribution in [3.63, 3.8) is 0 Å². The van der Waals surface area contributed by atoms with Crippen LogP contribution in [0.3, 0.4) is 0 Å². The van der Waals surface area contributed by atoms with E-state index >= 15 is 4.39 Å². The van der Waals surface area contributed by atoms with Gasteiger partial charge in [-0.1, -0.05) is 17.3 Å². The molecule has 0 spiro atoms. The van der Waals surface area contributed by atoms with Crippen LogP contribution in [-0.2, 0) is 18.4 Å². The maximum Gasteiger partial charge on any atom is 0.573 e. The predicted molar refractivity (Wildman–Crippen MR) is 157 cm³/mol. The summed E-state index contributed by atoms with van der Waals surface area (Å²) in [6.45, 7) is -0.832. The number of alkyl halides is 7. The Hall–Kier alpha value is -4.27. The van der Waals surface area contributed by atoms with Crippen LogP contribution in [0, 0.1) is 5.92 Å². The number of carboxylic acid groups (broad SMARTS) is 1. The number of rotatable bonds is 9. The molecule has 3 fully saturated rings. The van der Waals surface area contributed by atoms with E-state index in [4.69, 9.17) is 9.26 Å². The molecule has 2 aliphatic heterocycles. The SMILES string of the molecule is Cn1cc(C(=O)O)c2ccc(N3C4CCC3CC(F)(COCc3c(-c5ccccc5OC(F)(F)F)noc3C3CC3C(F)(F)F)C4)cc21. The molecule has 4 aromatic rings. The zero-order valence-electron chi connectivity index (χ0n) is 25.4. The van der Waals surface area contributed by atoms with Crippen molar-refractivity contribution in [1.29, 1.82) is 0 Å². The molecule has 15 heteroatoms. The molecular weight excluding hydrogens is 651 g/mol. The van der Waals surface area contributed by atoms with Crippen molar-refractivity contribution in [2.24, 2.45) is 13.0 Å². The Morgan fingerprint density at radius 2 is 1.79 bits per heavy atom. The molecule has 2 aromatic heterocycles. The molecule has 1 saturated carbocycles. The van der Waals surface area contributed by atoms with Crippen LogP contribution in [0.2, 0.25) is 0 Å². The normalized spacial score (nSPS) is 25.5. The van der Waals surface area contributed by atoms with E-state index < -0.39 is 55.0 Å². The first kappa shape index (κ1) is 32.3. The third-order valence-corrected chi connectivity index (χ3v) is 9.67. The molecule has 8 nitrogen and oxygen atoms in total. The van der Waals surface area contributed by atoms with E-state index in [1.165, 1.54) is 18.2 Å². The third-order valence-electron chi connectivity index (χ3n) is 9.67. The Balaban J connectivity index is 1.10. The van der Waals surface area contributed by atoms with E-state index in [0.717, 1.165) is 30.1 Å². The minimum Gasteiger partial charge on any atom is -0.478 e. The molecule has 1 N–H and O–H groups in total. The Morgan fingerprint density at radius 1 is 1.08 bits per heavy atom. The number of hydrogen-bond acceptors (Lipinski definition) is 6. The molecular formula is C33H30F7N3O5. The Labute approximate surface area is 269 Å². The van der Waals surface area contributed by atoms with Gasteiger partial charge in [-0.25, -0.2) is 9.18 Å². The van der Waals surface area contributed by atoms with Crippen molar-refractivity contribution >= 4 is 22.6 Å². The molecule has 4 unspecified atom stereocenters. The highest BCUT2D eigenvalue weighted by Gasteiger charge is 2.59. The summed E-state index contributed by atoms with van der Waals surface area (Å²) in [6, 6.07) is 10.2. The van der Waals surface area contributed by atoms with E-state index in [-0.39, 0.29) is 59.5 Å². The molecule has 3 aliphatic rings. The van der Waals surface area contributed by atoms with E-state index in [1.54, 1.807) is 23.9 Å². The molecule has 2 bridgehead atoms. The maximum atomic E-state index is 16.4. The van der Waals surface area contributed by atoms with Crippen LogP contribution in [0.5, 0.6) is 5.75 Å². The first-order valence-corrected chi connectivity index (χ1v) is 15.4. The fourth-order valence-electron chi connectivity index (χ4n) is 7.56. The molecule has 4 heterocycles. The third kappa shape index (κ3) is 5.96. The topological polar surface area (TPSA) is 90.0 Å². The maximum absolute atomic E-state index is 16.4. The molecule has 7 rings (SSSR count). The number of carboxylic acids is 1. The van der Waals surface area contributed by atoms with Crippen LogP contribution < -0.4 is 9.64 Å². The highest BCUT2D eigenvalue weighted by molar-refractivity contribution is 6.04. The number of piperidine rings is 1. The number of aromatic carboxylic acids is 1. The van der Waals surface area contributed by atoms with Gasteiger partial charge in [0.25, 0.3) is 0 Å². The number of carbonyl (C=O) groups is 1. The minimum absolute atomic E-state index is 0.0191. The van der Waals surface area contributed by atoms with Gasteiger partial charge >= 0.3 is 18.5 Å². The highest BCUT2D eigenvalue weighted by Crippen LogP contribution is 2.58. The predicted octanol–water partition coefficient (Wildman–Crippen LogP) is 8.15. The van der Waals surface area contributed by atoms with E-state index in [2.05, 4.69) is 14.8 Å². The Bertz CT molecular complexity index is 1850. The van der Waals surface area contributed by atoms with Gasteiger partial charge in [0.2, 0.25) is 0 Å². The molecule has 2 saturated heterocycles. The number of halogens is 7. The summed E-state index contributed by atoms with van der Waals surface area (Å²) in [5, 5.41) is 14.0. The largest absolute Gasteiger partial charge is 0.573 e. The van der Waals surface area contributed by atoms with Gasteiger partial charge in [-0.15, -0.1) is 13.2 Å². The molecule has 4 atom stereocenters. The van der Waals surface area contributed by atoms with Gasteiger partial charge in [0, 0.05) is 66.3 Å². The number of para-hydroxylation sites is 1. The van der Waals surface area contributed by atoms with Gasteiger partial charge in [-0.05, 0) is 49.6 Å². The second kappa shape index (κ2) is 11.4. The number of hydrogen-bond donors (Lipinski definition) is 1. The van der Waals surface area contributed by atoms with Gasteiger partial charge < -0.3 is 28.6 Å². The van der Waals surface area contributed by atoms with Crippen molar-refractivity contribution < 1.29 is 54.6 Å². The number of fused-ring (bicyclic) bond motifs is 3. The zero-order chi connectivity index (χ0) is 34.2. The van der Waals surface area contributed by atoms with Gasteiger partial charge in [0.1, 0.15) is 22.9 Å². The minimum atomic E-state index is -5.04. The summed E-state index contributed by atoms with van der Waals surface area (Å²) in [5.74, 6) is -4.59. The molecule has 0 radical (unpaired) electrons. The number of benzene rings is 2. The van der Waals surface area contributed by atoms with Gasteiger partial charge in [0.05, 0.1) is 30.2 Å². The van der Waals surface area contributed by atoms with Crippen molar-refractivity contribution in [2.45, 2.75) is 74.9 Å². The first-order valence-electron chi connectivity index (χ1n) is 15.4. The van der Waals surface area contributed by atoms with E-state index in [9.17, 15) is 36.2 Å². The average Bonchev–Trinajstić information content (AvgIpc) is 3.50. The fourth-order valence-corrected chi connectivity index (χ4v) is 7.56. The lowest BCUT2D eigenvalue weighted by molar-refractivity contribution is -0.274. The summed E-state index contributed by atoms with van der Waals surface area (Å²) in [7, 11) is 1.76. The lowest BCUT2D eigenvalue weighted by atomic mass is 9.88. The van der Waals surface area contributed by atoms with Gasteiger partial charge in [0.15, 0.2) is 0 Å². The second-order valence-corrected chi connectivity index (χ2v) is 12.9. The molecule has 0 amide bonds. The van der Waals surface area contributed by atoms with Crippen LogP contribution in [0.25, 0.3) is 22.2 Å². The Morgan fingerprint density at radius 3 is 2.44 bits per heavy atom. The lowest BCUT2D eigenvalue weighted by Gasteiger charge is -2.43. The summed E-state index contributed by atoms with van der Waals surface area (Å²) in [5.41, 5.74) is -0.315. The molecule has 48 heavy (non-hydrogen) atoms. The van der Waals surface area contributed by atoms with E-state index in [0.29, 0.717) is 5.39 Å². The quantitative estimate of drug-likeness (QED) is 0.178. The number of ether oxygens (including phenoxy) is 2. The standard InChI is InChI=1S/C33H30F7N3O5/c1-42-14-23(30(44)45)20-9-8-17(10-26(20)42)43-18-6-7-19(43)13-31(34,12-18)16-46-15-24-28(21-4-2-3-5-27(21)47-33(38,39)40)41-48-29(24)22-11-25(22)32(35,36)37/h2-5,8-10,14,18-19,22,25H,6-7,11-13,15-16H2,1H3,(H,44,45). The number of anilines is 1. The fraction of sp³-hybridized carbons (Fsp3) is 0.455. The van der Waals surface area contributed by atoms with Crippen molar-refractivity contribution in [3.8, 4) is 17.0 Å². The monoisotopic (exact) mass is 681 g/mol. The van der Waals surface area contributed by atoms with Crippen LogP contribution in [0.1, 0.15) is 59.7 Å². The van der Waals surface area contributed by atoms with E-state index in [1.807, 2.05) is 12.1 Å². The summed E-state index contributed by atoms with van der Waals surface area (Å²) >= 11 is 0. The summed E-state index contributed by atoms with van der Waals surface area (Å²) < 4.78 is 113. The van der Waals surface area contributed by atoms with Crippen molar-refractivity contribution in [2.75, 3.05) is 11.5 Å². The van der Waals surface area contributed by atoms with Crippen LogP contribution in [0.15, 0.2) is 53.2 Å². The highest BCUT2D eigenvalue weighted by atomic mass is 19.4. The second-order valence-electron chi connectivity index (χ2n) is 12.9. The Kier molecular flexibility index (Phi) is 7.68. The lowest BCUT2D eigenvalue weighted by Crippen LogP contribution is -2.51. The van der Waals surface area contributed by atoms with Crippen LogP contribution in [0.4, 0.5) is 36.4 Å². The molecule has 1 aliphatic carbocycles. The van der Waals surface area contributed by atoms with Gasteiger partial charge in [-0.2, -0.15) is 13.2 Å². The summed E-state index contributed by atoms with van der Waals surface area (Å²) in [4.78, 5) is 13.8. The average molecular weight is 682 g/mol. The van der Waals surface area contributed by atoms with Gasteiger partial charge in [-0.3, -0.25) is 0 Å². The summed E-state index contributed by atoms with van der Waals surface area (Å²) in [6.07, 6.45) is -6.61. The van der Waals surface area contributed by atoms with Crippen LogP contribution in [-0.4, -0.2) is 57.7 Å². The number of aryl methyl sites for hydroxylation is 1. The smallest absolute Gasteiger partial charge is 0.478 e.